The second kappa shape index (κ2) is 6.27. The van der Waals surface area contributed by atoms with Crippen molar-refractivity contribution in [2.24, 2.45) is 0 Å². The number of aliphatic hydroxyl groups excluding tert-OH is 1. The second-order valence-corrected chi connectivity index (χ2v) is 8.05. The molecule has 0 radical (unpaired) electrons. The van der Waals surface area contributed by atoms with Gasteiger partial charge in [0.15, 0.2) is 0 Å². The minimum Gasteiger partial charge on any atom is -0.395 e. The summed E-state index contributed by atoms with van der Waals surface area (Å²) in [5.41, 5.74) is 3.41. The molecule has 0 aliphatic rings. The van der Waals surface area contributed by atoms with E-state index in [1.165, 1.54) is 18.1 Å². The van der Waals surface area contributed by atoms with E-state index in [-0.39, 0.29) is 6.61 Å². The Kier molecular flexibility index (Phi) is 6.14. The molecule has 0 aromatic carbocycles. The van der Waals surface area contributed by atoms with E-state index < -0.39 is 8.07 Å². The molecule has 1 nitrogen and oxygen atoms in total. The minimum absolute atomic E-state index is 0.203. The van der Waals surface area contributed by atoms with Gasteiger partial charge in [0.05, 0.1) is 6.61 Å². The van der Waals surface area contributed by atoms with Crippen LogP contribution in [0.5, 0.6) is 0 Å². The third-order valence-electron chi connectivity index (χ3n) is 2.62. The molecule has 0 aliphatic carbocycles. The molecule has 0 saturated heterocycles. The van der Waals surface area contributed by atoms with Gasteiger partial charge in [-0.25, -0.2) is 0 Å². The van der Waals surface area contributed by atoms with Crippen LogP contribution in [0.2, 0.25) is 18.1 Å². The highest BCUT2D eigenvalue weighted by molar-refractivity contribution is 6.87. The molecule has 0 aromatic heterocycles. The monoisotopic (exact) mass is 184 g/mol. The van der Waals surface area contributed by atoms with Gasteiger partial charge in [-0.2, -0.15) is 0 Å². The highest BCUT2D eigenvalue weighted by Gasteiger charge is 2.23. The number of aliphatic hydroxyl groups is 1. The van der Waals surface area contributed by atoms with Gasteiger partial charge in [-0.3, -0.25) is 0 Å². The van der Waals surface area contributed by atoms with Crippen LogP contribution in [0, 0.1) is 11.5 Å². The zero-order valence-corrected chi connectivity index (χ0v) is 9.48. The van der Waals surface area contributed by atoms with Crippen molar-refractivity contribution in [3.05, 3.63) is 0 Å². The van der Waals surface area contributed by atoms with Gasteiger partial charge < -0.3 is 5.11 Å². The van der Waals surface area contributed by atoms with Crippen molar-refractivity contribution in [3.63, 3.8) is 0 Å². The van der Waals surface area contributed by atoms with Crippen molar-refractivity contribution in [3.8, 4) is 11.5 Å². The van der Waals surface area contributed by atoms with E-state index in [1.807, 2.05) is 0 Å². The molecule has 0 fully saturated rings. The first-order valence-electron chi connectivity index (χ1n) is 4.85. The zero-order chi connectivity index (χ0) is 9.45. The third kappa shape index (κ3) is 3.42. The zero-order valence-electron chi connectivity index (χ0n) is 8.48. The van der Waals surface area contributed by atoms with Gasteiger partial charge in [-0.05, 0) is 18.1 Å². The largest absolute Gasteiger partial charge is 0.395 e. The summed E-state index contributed by atoms with van der Waals surface area (Å²) in [6, 6.07) is 3.75. The van der Waals surface area contributed by atoms with Gasteiger partial charge in [-0.1, -0.05) is 20.8 Å². The van der Waals surface area contributed by atoms with Crippen molar-refractivity contribution in [2.45, 2.75) is 45.3 Å². The molecule has 2 heteroatoms. The molecule has 0 rings (SSSR count). The highest BCUT2D eigenvalue weighted by Crippen LogP contribution is 2.18. The lowest BCUT2D eigenvalue weighted by atomic mass is 10.5. The summed E-state index contributed by atoms with van der Waals surface area (Å²) in [6.07, 6.45) is 0.648. The molecule has 0 atom stereocenters. The van der Waals surface area contributed by atoms with Gasteiger partial charge in [0.2, 0.25) is 0 Å². The first-order valence-corrected chi connectivity index (χ1v) is 7.47. The predicted octanol–water partition coefficient (Wildman–Crippen LogP) is 2.42. The summed E-state index contributed by atoms with van der Waals surface area (Å²) >= 11 is 0. The maximum Gasteiger partial charge on any atom is 0.137 e. The second-order valence-electron chi connectivity index (χ2n) is 3.12. The summed E-state index contributed by atoms with van der Waals surface area (Å²) in [5, 5.41) is 8.59. The normalized spacial score (nSPS) is 10.7. The molecule has 0 unspecified atom stereocenters. The molecule has 0 saturated carbocycles. The van der Waals surface area contributed by atoms with Crippen LogP contribution >= 0.6 is 0 Å². The van der Waals surface area contributed by atoms with Crippen molar-refractivity contribution in [1.29, 1.82) is 0 Å². The van der Waals surface area contributed by atoms with Crippen molar-refractivity contribution in [2.75, 3.05) is 6.61 Å². The number of rotatable bonds is 4. The van der Waals surface area contributed by atoms with E-state index in [0.29, 0.717) is 6.42 Å². The molecule has 0 spiro atoms. The summed E-state index contributed by atoms with van der Waals surface area (Å²) < 4.78 is 0. The minimum atomic E-state index is -1.23. The third-order valence-corrected chi connectivity index (χ3v) is 7.39. The fourth-order valence-corrected chi connectivity index (χ4v) is 3.85. The molecule has 0 aromatic rings. The van der Waals surface area contributed by atoms with Crippen LogP contribution in [0.4, 0.5) is 0 Å². The van der Waals surface area contributed by atoms with Crippen LogP contribution in [0.1, 0.15) is 27.2 Å². The molecule has 12 heavy (non-hydrogen) atoms. The van der Waals surface area contributed by atoms with E-state index in [9.17, 15) is 0 Å². The lowest BCUT2D eigenvalue weighted by molar-refractivity contribution is 0.305. The molecule has 70 valence electrons. The topological polar surface area (TPSA) is 20.2 Å². The average molecular weight is 184 g/mol. The molecular formula is C10H20OSi. The van der Waals surface area contributed by atoms with Gasteiger partial charge in [0, 0.05) is 6.42 Å². The van der Waals surface area contributed by atoms with Crippen LogP contribution in [0.15, 0.2) is 0 Å². The Morgan fingerprint density at radius 2 is 1.58 bits per heavy atom. The standard InChI is InChI=1S/C10H20OSi/c1-4-12(5-2,6-3)10-8-7-9-11/h11H,4-7,9H2,1-3H3. The summed E-state index contributed by atoms with van der Waals surface area (Å²) in [6.45, 7) is 6.93. The van der Waals surface area contributed by atoms with Crippen molar-refractivity contribution in [1.82, 2.24) is 0 Å². The SMILES string of the molecule is CC[Si](C#CCCO)(CC)CC. The maximum atomic E-state index is 8.59. The summed E-state index contributed by atoms with van der Waals surface area (Å²) in [7, 11) is -1.23. The average Bonchev–Trinajstić information content (AvgIpc) is 2.14. The summed E-state index contributed by atoms with van der Waals surface area (Å²) in [5.74, 6) is 3.09. The van der Waals surface area contributed by atoms with E-state index in [0.717, 1.165) is 0 Å². The van der Waals surface area contributed by atoms with Crippen molar-refractivity contribution < 1.29 is 5.11 Å². The Labute approximate surface area is 77.2 Å². The highest BCUT2D eigenvalue weighted by atomic mass is 28.3. The lowest BCUT2D eigenvalue weighted by Gasteiger charge is -2.19. The Morgan fingerprint density at radius 3 is 1.92 bits per heavy atom. The Bertz CT molecular complexity index is 154. The molecule has 1 N–H and O–H groups in total. The van der Waals surface area contributed by atoms with Gasteiger partial charge in [0.25, 0.3) is 0 Å². The Balaban J connectivity index is 4.22. The fourth-order valence-electron chi connectivity index (χ4n) is 1.32. The molecule has 0 amide bonds. The van der Waals surface area contributed by atoms with Gasteiger partial charge in [-0.15, -0.1) is 11.5 Å². The van der Waals surface area contributed by atoms with Crippen LogP contribution in [-0.4, -0.2) is 19.8 Å². The Morgan fingerprint density at radius 1 is 1.08 bits per heavy atom. The van der Waals surface area contributed by atoms with Crippen LogP contribution in [0.25, 0.3) is 0 Å². The Hall–Kier alpha value is -0.263. The van der Waals surface area contributed by atoms with Crippen LogP contribution in [0.3, 0.4) is 0 Å². The smallest absolute Gasteiger partial charge is 0.137 e. The van der Waals surface area contributed by atoms with E-state index >= 15 is 0 Å². The van der Waals surface area contributed by atoms with E-state index in [1.54, 1.807) is 0 Å². The molecule has 0 heterocycles. The van der Waals surface area contributed by atoms with Gasteiger partial charge >= 0.3 is 0 Å². The van der Waals surface area contributed by atoms with Crippen molar-refractivity contribution >= 4 is 8.07 Å². The first kappa shape index (κ1) is 11.7. The predicted molar refractivity (Wildman–Crippen MR) is 56.7 cm³/mol. The first-order chi connectivity index (χ1) is 5.74. The maximum absolute atomic E-state index is 8.59. The molecule has 0 aliphatic heterocycles. The number of hydrogen-bond acceptors (Lipinski definition) is 1. The fraction of sp³-hybridized carbons (Fsp3) is 0.800. The summed E-state index contributed by atoms with van der Waals surface area (Å²) in [4.78, 5) is 0. The van der Waals surface area contributed by atoms with E-state index in [2.05, 4.69) is 32.2 Å². The van der Waals surface area contributed by atoms with Crippen LogP contribution in [-0.2, 0) is 0 Å². The van der Waals surface area contributed by atoms with E-state index in [4.69, 9.17) is 5.11 Å². The molecular weight excluding hydrogens is 164 g/mol. The molecule has 0 bridgehead atoms. The number of hydrogen-bond donors (Lipinski definition) is 1. The van der Waals surface area contributed by atoms with Crippen LogP contribution < -0.4 is 0 Å². The quantitative estimate of drug-likeness (QED) is 0.525. The van der Waals surface area contributed by atoms with Gasteiger partial charge in [0.1, 0.15) is 8.07 Å². The lowest BCUT2D eigenvalue weighted by Crippen LogP contribution is -2.29.